The van der Waals surface area contributed by atoms with Gasteiger partial charge in [0, 0.05) is 24.8 Å². The van der Waals surface area contributed by atoms with Crippen LogP contribution in [0.15, 0.2) is 41.4 Å². The Bertz CT molecular complexity index is 946. The van der Waals surface area contributed by atoms with E-state index in [-0.39, 0.29) is 16.2 Å². The van der Waals surface area contributed by atoms with Crippen molar-refractivity contribution in [1.82, 2.24) is 9.29 Å². The van der Waals surface area contributed by atoms with Crippen molar-refractivity contribution in [2.24, 2.45) is 0 Å². The molecule has 1 unspecified atom stereocenters. The third-order valence-electron chi connectivity index (χ3n) is 4.36. The molecule has 1 atom stereocenters. The van der Waals surface area contributed by atoms with Gasteiger partial charge in [0.1, 0.15) is 16.4 Å². The first-order valence-corrected chi connectivity index (χ1v) is 9.92. The number of H-pyrrole nitrogens is 1. The number of carbonyl (C=O) groups is 2. The third-order valence-corrected chi connectivity index (χ3v) is 6.24. The van der Waals surface area contributed by atoms with E-state index in [1.54, 1.807) is 0 Å². The minimum atomic E-state index is -3.65. The maximum Gasteiger partial charge on any atom is 0.355 e. The Kier molecular flexibility index (Phi) is 5.43. The zero-order valence-corrected chi connectivity index (χ0v) is 15.5. The highest BCUT2D eigenvalue weighted by Crippen LogP contribution is 2.22. The normalized spacial score (nSPS) is 16.2. The van der Waals surface area contributed by atoms with Gasteiger partial charge in [0.2, 0.25) is 15.8 Å². The number of benzene rings is 1. The zero-order chi connectivity index (χ0) is 19.6. The van der Waals surface area contributed by atoms with Crippen molar-refractivity contribution in [2.45, 2.75) is 30.8 Å². The summed E-state index contributed by atoms with van der Waals surface area (Å²) in [5.41, 5.74) is 0.145. The van der Waals surface area contributed by atoms with Gasteiger partial charge >= 0.3 is 5.97 Å². The number of ether oxygens (including phenoxy) is 1. The first-order chi connectivity index (χ1) is 12.8. The Morgan fingerprint density at radius 2 is 1.81 bits per heavy atom. The molecule has 0 amide bonds. The maximum absolute atomic E-state index is 12.9. The first kappa shape index (κ1) is 19.2. The van der Waals surface area contributed by atoms with Gasteiger partial charge in [-0.3, -0.25) is 4.79 Å². The third kappa shape index (κ3) is 4.09. The summed E-state index contributed by atoms with van der Waals surface area (Å²) in [7, 11) is -3.65. The van der Waals surface area contributed by atoms with E-state index in [9.17, 15) is 22.4 Å². The Hall–Kier alpha value is -2.52. The molecule has 2 heterocycles. The van der Waals surface area contributed by atoms with Crippen LogP contribution in [-0.2, 0) is 14.8 Å². The molecule has 1 saturated heterocycles. The predicted molar refractivity (Wildman–Crippen MR) is 94.4 cm³/mol. The van der Waals surface area contributed by atoms with Gasteiger partial charge in [-0.25, -0.2) is 17.6 Å². The van der Waals surface area contributed by atoms with Gasteiger partial charge in [-0.15, -0.1) is 0 Å². The minimum absolute atomic E-state index is 0.0196. The lowest BCUT2D eigenvalue weighted by Crippen LogP contribution is -2.27. The SMILES string of the molecule is CC(OC(=O)c1cc(S(=O)(=O)N2CCCC2)c[nH]1)C(=O)c1ccc(F)cc1. The topological polar surface area (TPSA) is 96.5 Å². The van der Waals surface area contributed by atoms with Gasteiger partial charge in [-0.05, 0) is 50.1 Å². The summed E-state index contributed by atoms with van der Waals surface area (Å²) in [5, 5.41) is 0. The molecule has 1 aliphatic heterocycles. The molecule has 0 spiro atoms. The molecule has 0 saturated carbocycles. The number of hydrogen-bond donors (Lipinski definition) is 1. The number of hydrogen-bond acceptors (Lipinski definition) is 5. The zero-order valence-electron chi connectivity index (χ0n) is 14.6. The predicted octanol–water partition coefficient (Wildman–Crippen LogP) is 2.37. The fourth-order valence-corrected chi connectivity index (χ4v) is 4.36. The summed E-state index contributed by atoms with van der Waals surface area (Å²) in [6.07, 6.45) is 1.74. The fraction of sp³-hybridized carbons (Fsp3) is 0.333. The highest BCUT2D eigenvalue weighted by atomic mass is 32.2. The van der Waals surface area contributed by atoms with E-state index < -0.39 is 33.7 Å². The Labute approximate surface area is 156 Å². The quantitative estimate of drug-likeness (QED) is 0.599. The van der Waals surface area contributed by atoms with Crippen LogP contribution in [0.3, 0.4) is 0 Å². The average Bonchev–Trinajstić information content (AvgIpc) is 3.34. The van der Waals surface area contributed by atoms with E-state index in [1.165, 1.54) is 35.6 Å². The molecule has 144 valence electrons. The second-order valence-electron chi connectivity index (χ2n) is 6.28. The Morgan fingerprint density at radius 3 is 2.44 bits per heavy atom. The van der Waals surface area contributed by atoms with Crippen LogP contribution >= 0.6 is 0 Å². The lowest BCUT2D eigenvalue weighted by Gasteiger charge is -2.13. The summed E-state index contributed by atoms with van der Waals surface area (Å²) >= 11 is 0. The van der Waals surface area contributed by atoms with Gasteiger partial charge in [-0.1, -0.05) is 0 Å². The van der Waals surface area contributed by atoms with Gasteiger partial charge < -0.3 is 9.72 Å². The van der Waals surface area contributed by atoms with Crippen LogP contribution in [0.4, 0.5) is 4.39 Å². The number of ketones is 1. The number of carbonyl (C=O) groups excluding carboxylic acids is 2. The molecule has 7 nitrogen and oxygen atoms in total. The highest BCUT2D eigenvalue weighted by Gasteiger charge is 2.29. The number of nitrogens with one attached hydrogen (secondary N) is 1. The second kappa shape index (κ2) is 7.61. The average molecular weight is 394 g/mol. The first-order valence-electron chi connectivity index (χ1n) is 8.48. The molecular formula is C18H19FN2O5S. The van der Waals surface area contributed by atoms with Crippen molar-refractivity contribution in [3.05, 3.63) is 53.6 Å². The molecule has 9 heteroatoms. The Morgan fingerprint density at radius 1 is 1.19 bits per heavy atom. The summed E-state index contributed by atoms with van der Waals surface area (Å²) < 4.78 is 44.4. The second-order valence-corrected chi connectivity index (χ2v) is 8.22. The molecule has 0 radical (unpaired) electrons. The molecule has 2 aromatic rings. The van der Waals surface area contributed by atoms with Gasteiger partial charge in [0.15, 0.2) is 6.10 Å². The van der Waals surface area contributed by atoms with Crippen LogP contribution in [-0.4, -0.2) is 48.7 Å². The van der Waals surface area contributed by atoms with Crippen molar-refractivity contribution in [1.29, 1.82) is 0 Å². The van der Waals surface area contributed by atoms with Crippen LogP contribution in [0.2, 0.25) is 0 Å². The monoisotopic (exact) mass is 394 g/mol. The molecule has 3 rings (SSSR count). The van der Waals surface area contributed by atoms with E-state index in [0.717, 1.165) is 25.0 Å². The van der Waals surface area contributed by atoms with Gasteiger partial charge in [0.05, 0.1) is 0 Å². The number of nitrogens with zero attached hydrogens (tertiary/aromatic N) is 1. The number of aromatic amines is 1. The van der Waals surface area contributed by atoms with Crippen molar-refractivity contribution in [3.63, 3.8) is 0 Å². The minimum Gasteiger partial charge on any atom is -0.450 e. The van der Waals surface area contributed by atoms with Gasteiger partial charge in [0.25, 0.3) is 0 Å². The van der Waals surface area contributed by atoms with E-state index >= 15 is 0 Å². The number of sulfonamides is 1. The molecule has 1 aromatic heterocycles. The lowest BCUT2D eigenvalue weighted by molar-refractivity contribution is 0.0313. The van der Waals surface area contributed by atoms with Crippen molar-refractivity contribution in [3.8, 4) is 0 Å². The highest BCUT2D eigenvalue weighted by molar-refractivity contribution is 7.89. The van der Waals surface area contributed by atoms with E-state index in [2.05, 4.69) is 4.98 Å². The molecule has 0 bridgehead atoms. The summed E-state index contributed by atoms with van der Waals surface area (Å²) in [6.45, 7) is 2.31. The standard InChI is InChI=1S/C18H19FN2O5S/c1-12(17(22)13-4-6-14(19)7-5-13)26-18(23)16-10-15(11-20-16)27(24,25)21-8-2-3-9-21/h4-7,10-12,20H,2-3,8-9H2,1H3. The summed E-state index contributed by atoms with van der Waals surface area (Å²) in [4.78, 5) is 27.0. The summed E-state index contributed by atoms with van der Waals surface area (Å²) in [5.74, 6) is -1.81. The molecule has 27 heavy (non-hydrogen) atoms. The lowest BCUT2D eigenvalue weighted by atomic mass is 10.1. The number of rotatable bonds is 6. The van der Waals surface area contributed by atoms with Crippen LogP contribution in [0.5, 0.6) is 0 Å². The van der Waals surface area contributed by atoms with E-state index in [1.807, 2.05) is 0 Å². The molecule has 0 aliphatic carbocycles. The maximum atomic E-state index is 12.9. The van der Waals surface area contributed by atoms with Crippen molar-refractivity contribution in [2.75, 3.05) is 13.1 Å². The molecule has 1 aliphatic rings. The van der Waals surface area contributed by atoms with Crippen LogP contribution < -0.4 is 0 Å². The van der Waals surface area contributed by atoms with Gasteiger partial charge in [-0.2, -0.15) is 4.31 Å². The van der Waals surface area contributed by atoms with Crippen molar-refractivity contribution < 1.29 is 27.1 Å². The van der Waals surface area contributed by atoms with Crippen LogP contribution in [0.25, 0.3) is 0 Å². The van der Waals surface area contributed by atoms with E-state index in [0.29, 0.717) is 13.1 Å². The number of esters is 1. The van der Waals surface area contributed by atoms with Crippen LogP contribution in [0, 0.1) is 5.82 Å². The molecular weight excluding hydrogens is 375 g/mol. The smallest absolute Gasteiger partial charge is 0.355 e. The molecule has 1 N–H and O–H groups in total. The van der Waals surface area contributed by atoms with Crippen LogP contribution in [0.1, 0.15) is 40.6 Å². The fourth-order valence-electron chi connectivity index (χ4n) is 2.85. The molecule has 1 fully saturated rings. The van der Waals surface area contributed by atoms with Crippen molar-refractivity contribution >= 4 is 21.8 Å². The Balaban J connectivity index is 1.68. The number of halogens is 1. The molecule has 1 aromatic carbocycles. The summed E-state index contributed by atoms with van der Waals surface area (Å²) in [6, 6.07) is 6.09. The number of aromatic nitrogens is 1. The van der Waals surface area contributed by atoms with E-state index in [4.69, 9.17) is 4.74 Å². The number of Topliss-reactive ketones (excluding diaryl/α,β-unsaturated/α-hetero) is 1. The largest absolute Gasteiger partial charge is 0.450 e.